The van der Waals surface area contributed by atoms with Crippen LogP contribution in [0.15, 0.2) is 28.7 Å². The first kappa shape index (κ1) is 11.0. The van der Waals surface area contributed by atoms with Gasteiger partial charge in [0.2, 0.25) is 5.91 Å². The second-order valence-electron chi connectivity index (χ2n) is 3.03. The molecule has 0 aliphatic rings. The van der Waals surface area contributed by atoms with Crippen molar-refractivity contribution in [2.24, 2.45) is 5.73 Å². The van der Waals surface area contributed by atoms with Crippen LogP contribution in [-0.4, -0.2) is 5.91 Å². The summed E-state index contributed by atoms with van der Waals surface area (Å²) in [6.07, 6.45) is 3.97. The van der Waals surface area contributed by atoms with Crippen LogP contribution >= 0.6 is 15.9 Å². The summed E-state index contributed by atoms with van der Waals surface area (Å²) >= 11 is 3.44. The molecule has 2 nitrogen and oxygen atoms in total. The smallest absolute Gasteiger partial charge is 0.221 e. The molecular weight excluding hydrogens is 242 g/mol. The Labute approximate surface area is 91.9 Å². The lowest BCUT2D eigenvalue weighted by atomic mass is 10.1. The van der Waals surface area contributed by atoms with E-state index in [9.17, 15) is 4.79 Å². The molecule has 1 aromatic rings. The number of halogens is 1. The van der Waals surface area contributed by atoms with Crippen LogP contribution in [0.3, 0.4) is 0 Å². The summed E-state index contributed by atoms with van der Waals surface area (Å²) in [6.45, 7) is 2.02. The van der Waals surface area contributed by atoms with Crippen LogP contribution in [0.25, 0.3) is 6.08 Å². The van der Waals surface area contributed by atoms with Crippen molar-refractivity contribution in [1.29, 1.82) is 0 Å². The van der Waals surface area contributed by atoms with Gasteiger partial charge in [-0.25, -0.2) is 0 Å². The van der Waals surface area contributed by atoms with Gasteiger partial charge in [0.05, 0.1) is 0 Å². The highest BCUT2D eigenvalue weighted by Gasteiger charge is 1.97. The Bertz CT molecular complexity index is 372. The van der Waals surface area contributed by atoms with Crippen LogP contribution in [0.2, 0.25) is 0 Å². The van der Waals surface area contributed by atoms with Gasteiger partial charge in [0.15, 0.2) is 0 Å². The molecule has 74 valence electrons. The maximum absolute atomic E-state index is 10.5. The van der Waals surface area contributed by atoms with Crippen molar-refractivity contribution in [2.45, 2.75) is 13.3 Å². The molecule has 0 aliphatic heterocycles. The van der Waals surface area contributed by atoms with Crippen LogP contribution in [0, 0.1) is 6.92 Å². The lowest BCUT2D eigenvalue weighted by Gasteiger charge is -2.01. The van der Waals surface area contributed by atoms with E-state index in [1.165, 1.54) is 0 Å². The van der Waals surface area contributed by atoms with E-state index in [1.807, 2.05) is 31.2 Å². The Morgan fingerprint density at radius 1 is 1.57 bits per heavy atom. The molecule has 1 rings (SSSR count). The second-order valence-corrected chi connectivity index (χ2v) is 3.88. The van der Waals surface area contributed by atoms with Gasteiger partial charge < -0.3 is 5.73 Å². The molecule has 1 amide bonds. The van der Waals surface area contributed by atoms with E-state index in [0.29, 0.717) is 0 Å². The number of hydrogen-bond donors (Lipinski definition) is 1. The minimum atomic E-state index is -0.311. The van der Waals surface area contributed by atoms with Crippen molar-refractivity contribution >= 4 is 27.9 Å². The summed E-state index contributed by atoms with van der Waals surface area (Å²) in [5, 5.41) is 0. The van der Waals surface area contributed by atoms with Gasteiger partial charge >= 0.3 is 0 Å². The number of benzene rings is 1. The van der Waals surface area contributed by atoms with Crippen molar-refractivity contribution in [1.82, 2.24) is 0 Å². The summed E-state index contributed by atoms with van der Waals surface area (Å²) < 4.78 is 1.07. The molecule has 0 unspecified atom stereocenters. The fourth-order valence-corrected chi connectivity index (χ4v) is 1.49. The number of amides is 1. The van der Waals surface area contributed by atoms with Gasteiger partial charge in [-0.05, 0) is 24.1 Å². The molecule has 0 aliphatic carbocycles. The first-order valence-electron chi connectivity index (χ1n) is 4.31. The Morgan fingerprint density at radius 3 is 2.93 bits per heavy atom. The first-order chi connectivity index (χ1) is 6.61. The highest BCUT2D eigenvalue weighted by Crippen LogP contribution is 2.20. The number of carbonyl (C=O) groups is 1. The molecule has 0 heterocycles. The predicted molar refractivity (Wildman–Crippen MR) is 61.7 cm³/mol. The van der Waals surface area contributed by atoms with Crippen molar-refractivity contribution in [2.75, 3.05) is 0 Å². The highest BCUT2D eigenvalue weighted by molar-refractivity contribution is 9.10. The van der Waals surface area contributed by atoms with Crippen LogP contribution in [0.5, 0.6) is 0 Å². The van der Waals surface area contributed by atoms with Crippen molar-refractivity contribution < 1.29 is 4.79 Å². The number of nitrogens with two attached hydrogens (primary N) is 1. The lowest BCUT2D eigenvalue weighted by molar-refractivity contribution is -0.117. The third-order valence-electron chi connectivity index (χ3n) is 1.93. The molecule has 0 fully saturated rings. The molecule has 0 atom stereocenters. The van der Waals surface area contributed by atoms with E-state index in [0.717, 1.165) is 15.6 Å². The summed E-state index contributed by atoms with van der Waals surface area (Å²) in [5.41, 5.74) is 7.28. The Balaban J connectivity index is 2.81. The minimum Gasteiger partial charge on any atom is -0.369 e. The van der Waals surface area contributed by atoms with E-state index >= 15 is 0 Å². The lowest BCUT2D eigenvalue weighted by Crippen LogP contribution is -2.07. The molecule has 2 N–H and O–H groups in total. The van der Waals surface area contributed by atoms with Crippen LogP contribution in [-0.2, 0) is 4.79 Å². The largest absolute Gasteiger partial charge is 0.369 e. The number of rotatable bonds is 3. The van der Waals surface area contributed by atoms with E-state index in [1.54, 1.807) is 6.08 Å². The SMILES string of the molecule is Cc1c(Br)cccc1C=CCC(N)=O. The second kappa shape index (κ2) is 4.96. The van der Waals surface area contributed by atoms with Gasteiger partial charge in [-0.2, -0.15) is 0 Å². The Kier molecular flexibility index (Phi) is 3.89. The summed E-state index contributed by atoms with van der Waals surface area (Å²) in [6, 6.07) is 5.94. The summed E-state index contributed by atoms with van der Waals surface area (Å²) in [7, 11) is 0. The van der Waals surface area contributed by atoms with Gasteiger partial charge in [0.25, 0.3) is 0 Å². The number of primary amides is 1. The van der Waals surface area contributed by atoms with Gasteiger partial charge in [-0.1, -0.05) is 40.2 Å². The molecule has 14 heavy (non-hydrogen) atoms. The van der Waals surface area contributed by atoms with Gasteiger partial charge in [-0.15, -0.1) is 0 Å². The topological polar surface area (TPSA) is 43.1 Å². The van der Waals surface area contributed by atoms with E-state index in [-0.39, 0.29) is 12.3 Å². The van der Waals surface area contributed by atoms with E-state index in [4.69, 9.17) is 5.73 Å². The monoisotopic (exact) mass is 253 g/mol. The fraction of sp³-hybridized carbons (Fsp3) is 0.182. The maximum atomic E-state index is 10.5. The standard InChI is InChI=1S/C11H12BrNO/c1-8-9(4-2-6-10(8)12)5-3-7-11(13)14/h2-6H,7H2,1H3,(H2,13,14). The molecule has 0 bridgehead atoms. The third-order valence-corrected chi connectivity index (χ3v) is 2.79. The maximum Gasteiger partial charge on any atom is 0.221 e. The molecule has 0 saturated heterocycles. The van der Waals surface area contributed by atoms with E-state index < -0.39 is 0 Å². The average Bonchev–Trinajstić information content (AvgIpc) is 2.12. The zero-order chi connectivity index (χ0) is 10.6. The molecule has 0 radical (unpaired) electrons. The zero-order valence-corrected chi connectivity index (χ0v) is 9.54. The normalized spacial score (nSPS) is 10.7. The highest BCUT2D eigenvalue weighted by atomic mass is 79.9. The molecular formula is C11H12BrNO. The summed E-state index contributed by atoms with van der Waals surface area (Å²) in [4.78, 5) is 10.5. The van der Waals surface area contributed by atoms with Gasteiger partial charge in [-0.3, -0.25) is 4.79 Å². The Morgan fingerprint density at radius 2 is 2.29 bits per heavy atom. The van der Waals surface area contributed by atoms with E-state index in [2.05, 4.69) is 15.9 Å². The molecule has 1 aromatic carbocycles. The van der Waals surface area contributed by atoms with Crippen molar-refractivity contribution in [3.63, 3.8) is 0 Å². The Hall–Kier alpha value is -1.09. The van der Waals surface area contributed by atoms with Gasteiger partial charge in [0, 0.05) is 10.9 Å². The summed E-state index contributed by atoms with van der Waals surface area (Å²) in [5.74, 6) is -0.311. The fourth-order valence-electron chi connectivity index (χ4n) is 1.11. The zero-order valence-electron chi connectivity index (χ0n) is 7.96. The predicted octanol–water partition coefficient (Wildman–Crippen LogP) is 2.65. The van der Waals surface area contributed by atoms with Gasteiger partial charge in [0.1, 0.15) is 0 Å². The third kappa shape index (κ3) is 3.00. The molecule has 0 spiro atoms. The first-order valence-corrected chi connectivity index (χ1v) is 5.10. The molecule has 0 aromatic heterocycles. The van der Waals surface area contributed by atoms with Crippen LogP contribution < -0.4 is 5.73 Å². The van der Waals surface area contributed by atoms with Crippen molar-refractivity contribution in [3.05, 3.63) is 39.9 Å². The quantitative estimate of drug-likeness (QED) is 0.885. The average molecular weight is 254 g/mol. The number of hydrogen-bond acceptors (Lipinski definition) is 1. The van der Waals surface area contributed by atoms with Crippen molar-refractivity contribution in [3.8, 4) is 0 Å². The minimum absolute atomic E-state index is 0.284. The number of carbonyl (C=O) groups excluding carboxylic acids is 1. The molecule has 3 heteroatoms. The van der Waals surface area contributed by atoms with Crippen LogP contribution in [0.1, 0.15) is 17.5 Å². The van der Waals surface area contributed by atoms with Crippen LogP contribution in [0.4, 0.5) is 0 Å². The molecule has 0 saturated carbocycles.